The van der Waals surface area contributed by atoms with Crippen LogP contribution in [0, 0.1) is 11.8 Å². The minimum absolute atomic E-state index is 0.383. The first-order valence-electron chi connectivity index (χ1n) is 4.19. The van der Waals surface area contributed by atoms with Crippen LogP contribution < -0.4 is 0 Å². The first-order valence-corrected chi connectivity index (χ1v) is 4.19. The van der Waals surface area contributed by atoms with Gasteiger partial charge in [0, 0.05) is 6.61 Å². The predicted octanol–water partition coefficient (Wildman–Crippen LogP) is 1.73. The van der Waals surface area contributed by atoms with Gasteiger partial charge in [0.1, 0.15) is 0 Å². The van der Waals surface area contributed by atoms with Crippen LogP contribution in [0.4, 0.5) is 0 Å². The summed E-state index contributed by atoms with van der Waals surface area (Å²) in [7, 11) is 0. The number of hydrogen-bond acceptors (Lipinski definition) is 1. The van der Waals surface area contributed by atoms with Crippen LogP contribution in [0.15, 0.2) is 11.6 Å². The topological polar surface area (TPSA) is 20.2 Å². The van der Waals surface area contributed by atoms with Gasteiger partial charge in [-0.1, -0.05) is 11.6 Å². The summed E-state index contributed by atoms with van der Waals surface area (Å²) in [5.74, 6) is 1.73. The molecule has 0 aromatic carbocycles. The van der Waals surface area contributed by atoms with Crippen LogP contribution in [0.5, 0.6) is 0 Å². The van der Waals surface area contributed by atoms with E-state index in [0.717, 1.165) is 18.3 Å². The van der Waals surface area contributed by atoms with E-state index in [1.54, 1.807) is 5.57 Å². The fraction of sp³-hybridized carbons (Fsp3) is 0.778. The van der Waals surface area contributed by atoms with Crippen LogP contribution in [0.1, 0.15) is 25.7 Å². The van der Waals surface area contributed by atoms with Gasteiger partial charge >= 0.3 is 0 Å². The molecule has 2 rings (SSSR count). The molecule has 0 heterocycles. The van der Waals surface area contributed by atoms with Gasteiger partial charge in [0.25, 0.3) is 0 Å². The smallest absolute Gasteiger partial charge is 0.0433 e. The van der Waals surface area contributed by atoms with Crippen molar-refractivity contribution in [3.8, 4) is 0 Å². The molecule has 1 heteroatoms. The van der Waals surface area contributed by atoms with E-state index in [4.69, 9.17) is 5.11 Å². The SMILES string of the molecule is OCCC1CC2=CCC1C2. The monoisotopic (exact) mass is 138 g/mol. The van der Waals surface area contributed by atoms with Crippen molar-refractivity contribution < 1.29 is 5.11 Å². The van der Waals surface area contributed by atoms with E-state index in [1.165, 1.54) is 19.3 Å². The third-order valence-electron chi connectivity index (χ3n) is 2.92. The Kier molecular flexibility index (Phi) is 1.53. The lowest BCUT2D eigenvalue weighted by atomic mass is 9.90. The Labute approximate surface area is 61.8 Å². The molecule has 0 amide bonds. The highest BCUT2D eigenvalue weighted by Gasteiger charge is 2.32. The van der Waals surface area contributed by atoms with Crippen LogP contribution in [0.25, 0.3) is 0 Å². The van der Waals surface area contributed by atoms with Crippen LogP contribution in [0.3, 0.4) is 0 Å². The molecule has 2 bridgehead atoms. The fourth-order valence-electron chi connectivity index (χ4n) is 2.35. The summed E-state index contributed by atoms with van der Waals surface area (Å²) in [6.45, 7) is 0.383. The normalized spacial score (nSPS) is 36.7. The summed E-state index contributed by atoms with van der Waals surface area (Å²) in [5, 5.41) is 8.74. The predicted molar refractivity (Wildman–Crippen MR) is 40.6 cm³/mol. The van der Waals surface area contributed by atoms with Crippen LogP contribution in [0.2, 0.25) is 0 Å². The van der Waals surface area contributed by atoms with E-state index >= 15 is 0 Å². The molecular weight excluding hydrogens is 124 g/mol. The summed E-state index contributed by atoms with van der Waals surface area (Å²) >= 11 is 0. The van der Waals surface area contributed by atoms with Crippen molar-refractivity contribution in [2.24, 2.45) is 11.8 Å². The molecule has 1 nitrogen and oxygen atoms in total. The molecule has 2 aliphatic carbocycles. The van der Waals surface area contributed by atoms with E-state index < -0.39 is 0 Å². The maximum Gasteiger partial charge on any atom is 0.0433 e. The van der Waals surface area contributed by atoms with E-state index in [2.05, 4.69) is 6.08 Å². The van der Waals surface area contributed by atoms with Crippen molar-refractivity contribution in [1.29, 1.82) is 0 Å². The highest BCUT2D eigenvalue weighted by molar-refractivity contribution is 5.18. The van der Waals surface area contributed by atoms with Crippen molar-refractivity contribution in [1.82, 2.24) is 0 Å². The van der Waals surface area contributed by atoms with Crippen molar-refractivity contribution in [2.75, 3.05) is 6.61 Å². The summed E-state index contributed by atoms with van der Waals surface area (Å²) in [5.41, 5.74) is 1.66. The largest absolute Gasteiger partial charge is 0.396 e. The van der Waals surface area contributed by atoms with Crippen molar-refractivity contribution >= 4 is 0 Å². The molecule has 0 aromatic rings. The second kappa shape index (κ2) is 2.39. The second-order valence-electron chi connectivity index (χ2n) is 3.54. The molecule has 0 spiro atoms. The minimum atomic E-state index is 0.383. The van der Waals surface area contributed by atoms with Gasteiger partial charge in [0.15, 0.2) is 0 Å². The molecule has 10 heavy (non-hydrogen) atoms. The maximum atomic E-state index is 8.74. The lowest BCUT2D eigenvalue weighted by molar-refractivity contribution is 0.234. The standard InChI is InChI=1S/C9H14O/c10-4-3-9-6-7-1-2-8(9)5-7/h1,8-10H,2-6H2. The number of aliphatic hydroxyl groups excluding tert-OH is 1. The zero-order chi connectivity index (χ0) is 6.97. The molecule has 0 aliphatic heterocycles. The quantitative estimate of drug-likeness (QED) is 0.576. The third kappa shape index (κ3) is 0.891. The molecule has 0 saturated heterocycles. The summed E-state index contributed by atoms with van der Waals surface area (Å²) in [6, 6.07) is 0. The van der Waals surface area contributed by atoms with Crippen LogP contribution >= 0.6 is 0 Å². The molecule has 2 aliphatic rings. The Bertz CT molecular complexity index is 160. The van der Waals surface area contributed by atoms with Crippen LogP contribution in [-0.2, 0) is 0 Å². The Balaban J connectivity index is 1.97. The van der Waals surface area contributed by atoms with Gasteiger partial charge in [-0.2, -0.15) is 0 Å². The van der Waals surface area contributed by atoms with Gasteiger partial charge in [0.2, 0.25) is 0 Å². The second-order valence-corrected chi connectivity index (χ2v) is 3.54. The Morgan fingerprint density at radius 1 is 1.50 bits per heavy atom. The summed E-state index contributed by atoms with van der Waals surface area (Å²) in [6.07, 6.45) is 7.33. The number of fused-ring (bicyclic) bond motifs is 2. The first kappa shape index (κ1) is 6.41. The molecule has 56 valence electrons. The molecular formula is C9H14O. The van der Waals surface area contributed by atoms with Gasteiger partial charge in [-0.15, -0.1) is 0 Å². The molecule has 1 N–H and O–H groups in total. The summed E-state index contributed by atoms with van der Waals surface area (Å²) < 4.78 is 0. The lowest BCUT2D eigenvalue weighted by Crippen LogP contribution is -2.09. The molecule has 0 aromatic heterocycles. The average Bonchev–Trinajstić information content (AvgIpc) is 2.48. The number of hydrogen-bond donors (Lipinski definition) is 1. The lowest BCUT2D eigenvalue weighted by Gasteiger charge is -2.16. The van der Waals surface area contributed by atoms with Gasteiger partial charge in [-0.3, -0.25) is 0 Å². The van der Waals surface area contributed by atoms with E-state index in [-0.39, 0.29) is 0 Å². The number of rotatable bonds is 2. The van der Waals surface area contributed by atoms with E-state index in [1.807, 2.05) is 0 Å². The van der Waals surface area contributed by atoms with Crippen molar-refractivity contribution in [2.45, 2.75) is 25.7 Å². The average molecular weight is 138 g/mol. The molecule has 1 fully saturated rings. The molecule has 1 saturated carbocycles. The van der Waals surface area contributed by atoms with Crippen LogP contribution in [-0.4, -0.2) is 11.7 Å². The molecule has 0 radical (unpaired) electrons. The Morgan fingerprint density at radius 2 is 2.40 bits per heavy atom. The number of aliphatic hydroxyl groups is 1. The third-order valence-corrected chi connectivity index (χ3v) is 2.92. The Morgan fingerprint density at radius 3 is 2.90 bits per heavy atom. The van der Waals surface area contributed by atoms with Gasteiger partial charge in [0.05, 0.1) is 0 Å². The van der Waals surface area contributed by atoms with Crippen molar-refractivity contribution in [3.05, 3.63) is 11.6 Å². The highest BCUT2D eigenvalue weighted by Crippen LogP contribution is 2.45. The minimum Gasteiger partial charge on any atom is -0.396 e. The van der Waals surface area contributed by atoms with Gasteiger partial charge < -0.3 is 5.11 Å². The first-order chi connectivity index (χ1) is 4.90. The van der Waals surface area contributed by atoms with Gasteiger partial charge in [-0.25, -0.2) is 0 Å². The van der Waals surface area contributed by atoms with Gasteiger partial charge in [-0.05, 0) is 37.5 Å². The Hall–Kier alpha value is -0.300. The molecule has 2 atom stereocenters. The van der Waals surface area contributed by atoms with E-state index in [0.29, 0.717) is 6.61 Å². The zero-order valence-corrected chi connectivity index (χ0v) is 6.21. The molecule has 2 unspecified atom stereocenters. The van der Waals surface area contributed by atoms with Crippen molar-refractivity contribution in [3.63, 3.8) is 0 Å². The number of allylic oxidation sites excluding steroid dienone is 2. The fourth-order valence-corrected chi connectivity index (χ4v) is 2.35. The van der Waals surface area contributed by atoms with E-state index in [9.17, 15) is 0 Å². The summed E-state index contributed by atoms with van der Waals surface area (Å²) in [4.78, 5) is 0. The highest BCUT2D eigenvalue weighted by atomic mass is 16.3. The maximum absolute atomic E-state index is 8.74. The zero-order valence-electron chi connectivity index (χ0n) is 6.21.